The van der Waals surface area contributed by atoms with Crippen LogP contribution < -0.4 is 5.32 Å². The van der Waals surface area contributed by atoms with Gasteiger partial charge in [0.05, 0.1) is 0 Å². The van der Waals surface area contributed by atoms with Crippen LogP contribution in [0.4, 0.5) is 14.6 Å². The first-order valence-corrected chi connectivity index (χ1v) is 7.33. The lowest BCUT2D eigenvalue weighted by Gasteiger charge is -2.06. The molecular weight excluding hydrogens is 302 g/mol. The second-order valence-electron chi connectivity index (χ2n) is 4.55. The average molecular weight is 320 g/mol. The number of aromatic nitrogens is 1. The number of nitrogens with zero attached hydrogens (tertiary/aromatic N) is 1. The Morgan fingerprint density at radius 1 is 1.13 bits per heavy atom. The van der Waals surface area contributed by atoms with Gasteiger partial charge in [-0.1, -0.05) is 19.9 Å². The molecule has 1 aromatic carbocycles. The Morgan fingerprint density at radius 2 is 1.91 bits per heavy atom. The number of hydrogen-bond donors (Lipinski definition) is 2. The molecule has 2 heterocycles. The van der Waals surface area contributed by atoms with Crippen LogP contribution in [0.3, 0.4) is 0 Å². The zero-order chi connectivity index (χ0) is 16.8. The van der Waals surface area contributed by atoms with E-state index in [1.807, 2.05) is 13.8 Å². The molecule has 0 aliphatic heterocycles. The van der Waals surface area contributed by atoms with Crippen LogP contribution in [-0.2, 0) is 13.2 Å². The van der Waals surface area contributed by atoms with Crippen LogP contribution in [0.5, 0.6) is 0 Å². The summed E-state index contributed by atoms with van der Waals surface area (Å²) in [5.41, 5.74) is 1.10. The van der Waals surface area contributed by atoms with Crippen LogP contribution in [0.25, 0.3) is 11.0 Å². The van der Waals surface area contributed by atoms with Gasteiger partial charge in [0.15, 0.2) is 23.0 Å². The molecular formula is C17H18F2N2O2. The van der Waals surface area contributed by atoms with Crippen molar-refractivity contribution in [2.75, 3.05) is 5.32 Å². The van der Waals surface area contributed by atoms with Crippen LogP contribution >= 0.6 is 0 Å². The summed E-state index contributed by atoms with van der Waals surface area (Å²) < 4.78 is 31.5. The van der Waals surface area contributed by atoms with Gasteiger partial charge in [0, 0.05) is 18.1 Å². The van der Waals surface area contributed by atoms with Gasteiger partial charge in [0.1, 0.15) is 12.4 Å². The largest absolute Gasteiger partial charge is 0.455 e. The van der Waals surface area contributed by atoms with Gasteiger partial charge in [-0.3, -0.25) is 0 Å². The van der Waals surface area contributed by atoms with Gasteiger partial charge in [-0.25, -0.2) is 13.8 Å². The fraction of sp³-hybridized carbons (Fsp3) is 0.235. The van der Waals surface area contributed by atoms with Gasteiger partial charge in [0.2, 0.25) is 0 Å². The van der Waals surface area contributed by atoms with Gasteiger partial charge in [-0.15, -0.1) is 0 Å². The van der Waals surface area contributed by atoms with E-state index >= 15 is 0 Å². The Bertz CT molecular complexity index is 787. The maximum absolute atomic E-state index is 13.1. The van der Waals surface area contributed by atoms with Crippen molar-refractivity contribution in [1.82, 2.24) is 4.98 Å². The van der Waals surface area contributed by atoms with E-state index < -0.39 is 11.6 Å². The monoisotopic (exact) mass is 320 g/mol. The van der Waals surface area contributed by atoms with Crippen molar-refractivity contribution in [3.63, 3.8) is 0 Å². The number of aliphatic hydroxyl groups is 1. The van der Waals surface area contributed by atoms with Crippen molar-refractivity contribution >= 4 is 16.8 Å². The maximum Gasteiger partial charge on any atom is 0.176 e. The van der Waals surface area contributed by atoms with E-state index in [-0.39, 0.29) is 13.2 Å². The number of furan rings is 1. The van der Waals surface area contributed by atoms with Gasteiger partial charge in [-0.2, -0.15) is 0 Å². The molecule has 0 saturated heterocycles. The van der Waals surface area contributed by atoms with Crippen molar-refractivity contribution in [3.05, 3.63) is 59.5 Å². The minimum absolute atomic E-state index is 0.197. The number of benzene rings is 1. The second kappa shape index (κ2) is 7.69. The Balaban J connectivity index is 0.000000924. The normalized spacial score (nSPS) is 10.3. The maximum atomic E-state index is 13.1. The molecule has 0 aliphatic carbocycles. The highest BCUT2D eigenvalue weighted by molar-refractivity contribution is 5.87. The number of anilines is 1. The molecule has 0 amide bonds. The van der Waals surface area contributed by atoms with Crippen LogP contribution in [0, 0.1) is 11.6 Å². The molecule has 0 atom stereocenters. The van der Waals surface area contributed by atoms with E-state index in [0.717, 1.165) is 17.5 Å². The molecule has 23 heavy (non-hydrogen) atoms. The highest BCUT2D eigenvalue weighted by Gasteiger charge is 2.09. The van der Waals surface area contributed by atoms with Crippen molar-refractivity contribution in [1.29, 1.82) is 0 Å². The molecule has 0 radical (unpaired) electrons. The van der Waals surface area contributed by atoms with Crippen molar-refractivity contribution < 1.29 is 18.3 Å². The van der Waals surface area contributed by atoms with Gasteiger partial charge in [0.25, 0.3) is 0 Å². The summed E-state index contributed by atoms with van der Waals surface area (Å²) in [6.45, 7) is 4.08. The molecule has 6 heteroatoms. The lowest BCUT2D eigenvalue weighted by molar-refractivity contribution is 0.251. The van der Waals surface area contributed by atoms with Crippen molar-refractivity contribution in [2.45, 2.75) is 27.0 Å². The predicted octanol–water partition coefficient (Wildman–Crippen LogP) is 4.24. The van der Waals surface area contributed by atoms with Gasteiger partial charge in [-0.05, 0) is 29.8 Å². The van der Waals surface area contributed by atoms with Crippen LogP contribution in [-0.4, -0.2) is 10.1 Å². The summed E-state index contributed by atoms with van der Waals surface area (Å²) in [7, 11) is 0. The SMILES string of the molecule is CC.OCc1cc2ccnc(NCc3ccc(F)c(F)c3)c2o1. The molecule has 3 aromatic rings. The first-order valence-electron chi connectivity index (χ1n) is 7.33. The molecule has 3 rings (SSSR count). The molecule has 0 fully saturated rings. The molecule has 2 aromatic heterocycles. The highest BCUT2D eigenvalue weighted by atomic mass is 19.2. The summed E-state index contributed by atoms with van der Waals surface area (Å²) in [5, 5.41) is 12.9. The molecule has 0 spiro atoms. The van der Waals surface area contributed by atoms with Crippen LogP contribution in [0.15, 0.2) is 40.9 Å². The minimum atomic E-state index is -0.888. The third-order valence-electron chi connectivity index (χ3n) is 3.08. The lowest BCUT2D eigenvalue weighted by Crippen LogP contribution is -2.02. The smallest absolute Gasteiger partial charge is 0.176 e. The molecule has 4 nitrogen and oxygen atoms in total. The summed E-state index contributed by atoms with van der Waals surface area (Å²) >= 11 is 0. The number of rotatable bonds is 4. The van der Waals surface area contributed by atoms with Crippen LogP contribution in [0.1, 0.15) is 25.2 Å². The Kier molecular flexibility index (Phi) is 5.65. The number of hydrogen-bond acceptors (Lipinski definition) is 4. The van der Waals surface area contributed by atoms with E-state index in [1.54, 1.807) is 18.3 Å². The molecule has 0 bridgehead atoms. The quantitative estimate of drug-likeness (QED) is 0.755. The Morgan fingerprint density at radius 3 is 2.61 bits per heavy atom. The number of aliphatic hydroxyl groups excluding tert-OH is 1. The fourth-order valence-electron chi connectivity index (χ4n) is 2.06. The van der Waals surface area contributed by atoms with Crippen molar-refractivity contribution in [2.24, 2.45) is 0 Å². The minimum Gasteiger partial charge on any atom is -0.455 e. The molecule has 0 unspecified atom stereocenters. The molecule has 2 N–H and O–H groups in total. The third-order valence-corrected chi connectivity index (χ3v) is 3.08. The number of fused-ring (bicyclic) bond motifs is 1. The first-order chi connectivity index (χ1) is 11.2. The van der Waals surface area contributed by atoms with E-state index in [1.165, 1.54) is 6.07 Å². The van der Waals surface area contributed by atoms with E-state index in [4.69, 9.17) is 9.52 Å². The summed E-state index contributed by atoms with van der Waals surface area (Å²) in [6, 6.07) is 7.19. The van der Waals surface area contributed by atoms with Gasteiger partial charge < -0.3 is 14.8 Å². The number of halogens is 2. The number of pyridine rings is 1. The summed E-state index contributed by atoms with van der Waals surface area (Å²) in [6.07, 6.45) is 1.60. The zero-order valence-corrected chi connectivity index (χ0v) is 12.9. The Hall–Kier alpha value is -2.47. The average Bonchev–Trinajstić information content (AvgIpc) is 3.01. The van der Waals surface area contributed by atoms with E-state index in [2.05, 4.69) is 10.3 Å². The summed E-state index contributed by atoms with van der Waals surface area (Å²) in [5.74, 6) is -0.843. The first kappa shape index (κ1) is 16.9. The zero-order valence-electron chi connectivity index (χ0n) is 12.9. The second-order valence-corrected chi connectivity index (χ2v) is 4.55. The van der Waals surface area contributed by atoms with E-state index in [0.29, 0.717) is 22.7 Å². The fourth-order valence-corrected chi connectivity index (χ4v) is 2.06. The number of nitrogens with one attached hydrogen (secondary N) is 1. The molecule has 0 aliphatic rings. The Labute approximate surface area is 132 Å². The highest BCUT2D eigenvalue weighted by Crippen LogP contribution is 2.25. The molecule has 0 saturated carbocycles. The predicted molar refractivity (Wildman–Crippen MR) is 85.0 cm³/mol. The van der Waals surface area contributed by atoms with Crippen molar-refractivity contribution in [3.8, 4) is 0 Å². The third kappa shape index (κ3) is 3.84. The van der Waals surface area contributed by atoms with Gasteiger partial charge >= 0.3 is 0 Å². The summed E-state index contributed by atoms with van der Waals surface area (Å²) in [4.78, 5) is 4.16. The topological polar surface area (TPSA) is 58.3 Å². The van der Waals surface area contributed by atoms with E-state index in [9.17, 15) is 8.78 Å². The standard InChI is InChI=1S/C15H12F2N2O2.C2H6/c16-12-2-1-9(5-13(12)17)7-19-15-14-10(3-4-18-15)6-11(8-20)21-14;1-2/h1-6,20H,7-8H2,(H,18,19);1-2H3. The van der Waals surface area contributed by atoms with Crippen LogP contribution in [0.2, 0.25) is 0 Å². The lowest BCUT2D eigenvalue weighted by atomic mass is 10.2. The molecule has 122 valence electrons.